The van der Waals surface area contributed by atoms with Gasteiger partial charge in [-0.2, -0.15) is 5.10 Å². The van der Waals surface area contributed by atoms with Crippen LogP contribution in [0.3, 0.4) is 0 Å². The van der Waals surface area contributed by atoms with Crippen molar-refractivity contribution in [2.45, 2.75) is 6.61 Å². The van der Waals surface area contributed by atoms with Gasteiger partial charge >= 0.3 is 5.97 Å². The summed E-state index contributed by atoms with van der Waals surface area (Å²) in [5.74, 6) is 0.660. The zero-order valence-corrected chi connectivity index (χ0v) is 12.4. The predicted octanol–water partition coefficient (Wildman–Crippen LogP) is 1.25. The first kappa shape index (κ1) is 16.1. The average Bonchev–Trinajstić information content (AvgIpc) is 3.02. The number of benzene rings is 1. The topological polar surface area (TPSA) is 125 Å². The van der Waals surface area contributed by atoms with Crippen molar-refractivity contribution in [3.05, 3.63) is 53.5 Å². The SMILES string of the molecule is COC(=O)c1ccc(COc2ccc(C=NN=C(N)N)cc2)o1. The van der Waals surface area contributed by atoms with E-state index in [-0.39, 0.29) is 18.3 Å². The second kappa shape index (κ2) is 7.64. The maximum absolute atomic E-state index is 11.3. The van der Waals surface area contributed by atoms with Gasteiger partial charge in [-0.05, 0) is 42.0 Å². The van der Waals surface area contributed by atoms with Gasteiger partial charge in [0.25, 0.3) is 0 Å². The van der Waals surface area contributed by atoms with Gasteiger partial charge in [0, 0.05) is 0 Å². The maximum atomic E-state index is 11.3. The highest BCUT2D eigenvalue weighted by Gasteiger charge is 2.11. The molecule has 0 saturated carbocycles. The number of ether oxygens (including phenoxy) is 2. The number of carbonyl (C=O) groups is 1. The highest BCUT2D eigenvalue weighted by Crippen LogP contribution is 2.15. The standard InChI is InChI=1S/C15H16N4O4/c1-21-14(20)13-7-6-12(23-13)9-22-11-4-2-10(3-5-11)8-18-19-15(16)17/h2-8H,9H2,1H3,(H4,16,17,19). The maximum Gasteiger partial charge on any atom is 0.373 e. The Balaban J connectivity index is 1.91. The molecule has 0 saturated heterocycles. The second-order valence-corrected chi connectivity index (χ2v) is 4.38. The molecule has 0 aliphatic rings. The monoisotopic (exact) mass is 316 g/mol. The summed E-state index contributed by atoms with van der Waals surface area (Å²) in [6, 6.07) is 10.3. The molecule has 23 heavy (non-hydrogen) atoms. The Hall–Kier alpha value is -3.29. The van der Waals surface area contributed by atoms with Crippen LogP contribution >= 0.6 is 0 Å². The molecule has 0 unspecified atom stereocenters. The summed E-state index contributed by atoms with van der Waals surface area (Å²) in [5.41, 5.74) is 11.1. The summed E-state index contributed by atoms with van der Waals surface area (Å²) in [7, 11) is 1.29. The highest BCUT2D eigenvalue weighted by atomic mass is 16.5. The van der Waals surface area contributed by atoms with Gasteiger partial charge in [0.15, 0.2) is 0 Å². The van der Waals surface area contributed by atoms with E-state index < -0.39 is 5.97 Å². The third-order valence-electron chi connectivity index (χ3n) is 2.69. The Morgan fingerprint density at radius 1 is 1.22 bits per heavy atom. The highest BCUT2D eigenvalue weighted by molar-refractivity contribution is 5.86. The Morgan fingerprint density at radius 2 is 1.96 bits per heavy atom. The molecule has 0 bridgehead atoms. The third-order valence-corrected chi connectivity index (χ3v) is 2.69. The minimum atomic E-state index is -0.527. The van der Waals surface area contributed by atoms with Crippen molar-refractivity contribution in [1.82, 2.24) is 0 Å². The average molecular weight is 316 g/mol. The van der Waals surface area contributed by atoms with Gasteiger partial charge in [0.1, 0.15) is 18.1 Å². The largest absolute Gasteiger partial charge is 0.486 e. The molecule has 0 aliphatic carbocycles. The van der Waals surface area contributed by atoms with E-state index in [1.165, 1.54) is 19.4 Å². The van der Waals surface area contributed by atoms with E-state index in [0.29, 0.717) is 11.5 Å². The molecule has 8 nitrogen and oxygen atoms in total. The van der Waals surface area contributed by atoms with Crippen molar-refractivity contribution < 1.29 is 18.7 Å². The molecule has 120 valence electrons. The first-order valence-corrected chi connectivity index (χ1v) is 6.60. The van der Waals surface area contributed by atoms with Gasteiger partial charge in [-0.15, -0.1) is 5.10 Å². The van der Waals surface area contributed by atoms with Gasteiger partial charge in [0.05, 0.1) is 13.3 Å². The van der Waals surface area contributed by atoms with E-state index in [4.69, 9.17) is 20.6 Å². The number of furan rings is 1. The fourth-order valence-electron chi connectivity index (χ4n) is 1.63. The van der Waals surface area contributed by atoms with E-state index in [1.54, 1.807) is 30.3 Å². The lowest BCUT2D eigenvalue weighted by Gasteiger charge is -2.04. The Kier molecular flexibility index (Phi) is 5.35. The van der Waals surface area contributed by atoms with Gasteiger partial charge in [-0.1, -0.05) is 0 Å². The molecule has 1 aromatic heterocycles. The molecule has 2 aromatic rings. The molecular formula is C15H16N4O4. The van der Waals surface area contributed by atoms with E-state index in [9.17, 15) is 4.79 Å². The summed E-state index contributed by atoms with van der Waals surface area (Å²) in [5, 5.41) is 7.21. The lowest BCUT2D eigenvalue weighted by atomic mass is 10.2. The van der Waals surface area contributed by atoms with Crippen LogP contribution in [-0.4, -0.2) is 25.3 Å². The third kappa shape index (κ3) is 4.88. The van der Waals surface area contributed by atoms with Crippen molar-refractivity contribution in [3.8, 4) is 5.75 Å². The van der Waals surface area contributed by atoms with Crippen molar-refractivity contribution in [2.75, 3.05) is 7.11 Å². The molecular weight excluding hydrogens is 300 g/mol. The van der Waals surface area contributed by atoms with E-state index >= 15 is 0 Å². The number of hydrogen-bond donors (Lipinski definition) is 2. The molecule has 2 rings (SSSR count). The van der Waals surface area contributed by atoms with Crippen LogP contribution in [0.25, 0.3) is 0 Å². The van der Waals surface area contributed by atoms with Crippen LogP contribution in [0.5, 0.6) is 5.75 Å². The minimum Gasteiger partial charge on any atom is -0.486 e. The second-order valence-electron chi connectivity index (χ2n) is 4.38. The summed E-state index contributed by atoms with van der Waals surface area (Å²) in [6.07, 6.45) is 1.51. The van der Waals surface area contributed by atoms with E-state index in [0.717, 1.165) is 5.56 Å². The number of nitrogens with two attached hydrogens (primary N) is 2. The minimum absolute atomic E-state index is 0.106. The normalized spacial score (nSPS) is 10.5. The van der Waals surface area contributed by atoms with Gasteiger partial charge < -0.3 is 25.4 Å². The number of guanidine groups is 1. The number of methoxy groups -OCH3 is 1. The van der Waals surface area contributed by atoms with Crippen molar-refractivity contribution in [1.29, 1.82) is 0 Å². The van der Waals surface area contributed by atoms with Gasteiger partial charge in [-0.25, -0.2) is 4.79 Å². The van der Waals surface area contributed by atoms with Crippen LogP contribution in [0.4, 0.5) is 0 Å². The number of rotatable bonds is 6. The fraction of sp³-hybridized carbons (Fsp3) is 0.133. The molecule has 1 aromatic carbocycles. The molecule has 0 fully saturated rings. The summed E-state index contributed by atoms with van der Waals surface area (Å²) in [6.45, 7) is 0.193. The summed E-state index contributed by atoms with van der Waals surface area (Å²) < 4.78 is 15.4. The molecule has 0 radical (unpaired) electrons. The summed E-state index contributed by atoms with van der Waals surface area (Å²) >= 11 is 0. The van der Waals surface area contributed by atoms with Crippen LogP contribution in [0, 0.1) is 0 Å². The first-order valence-electron chi connectivity index (χ1n) is 6.60. The van der Waals surface area contributed by atoms with Crippen molar-refractivity contribution in [3.63, 3.8) is 0 Å². The Bertz CT molecular complexity index is 715. The van der Waals surface area contributed by atoms with Crippen LogP contribution in [0.15, 0.2) is 51.0 Å². The molecule has 0 amide bonds. The van der Waals surface area contributed by atoms with E-state index in [1.807, 2.05) is 0 Å². The smallest absolute Gasteiger partial charge is 0.373 e. The van der Waals surface area contributed by atoms with Crippen molar-refractivity contribution in [2.24, 2.45) is 21.7 Å². The number of hydrogen-bond acceptors (Lipinski definition) is 6. The molecule has 0 aliphatic heterocycles. The lowest BCUT2D eigenvalue weighted by Crippen LogP contribution is -2.21. The Morgan fingerprint density at radius 3 is 2.61 bits per heavy atom. The first-order chi connectivity index (χ1) is 11.1. The zero-order chi connectivity index (χ0) is 16.7. The molecule has 8 heteroatoms. The van der Waals surface area contributed by atoms with Gasteiger partial charge in [0.2, 0.25) is 11.7 Å². The molecule has 4 N–H and O–H groups in total. The number of nitrogens with zero attached hydrogens (tertiary/aromatic N) is 2. The number of carbonyl (C=O) groups excluding carboxylic acids is 1. The van der Waals surface area contributed by atoms with E-state index in [2.05, 4.69) is 14.9 Å². The quantitative estimate of drug-likeness (QED) is 0.357. The van der Waals surface area contributed by atoms with Gasteiger partial charge in [-0.3, -0.25) is 0 Å². The summed E-state index contributed by atoms with van der Waals surface area (Å²) in [4.78, 5) is 11.3. The molecule has 0 atom stereocenters. The zero-order valence-electron chi connectivity index (χ0n) is 12.4. The Labute approximate surface area is 132 Å². The lowest BCUT2D eigenvalue weighted by molar-refractivity contribution is 0.0561. The van der Waals surface area contributed by atoms with Crippen LogP contribution in [-0.2, 0) is 11.3 Å². The van der Waals surface area contributed by atoms with Crippen molar-refractivity contribution >= 4 is 18.1 Å². The predicted molar refractivity (Wildman–Crippen MR) is 84.2 cm³/mol. The fourth-order valence-corrected chi connectivity index (χ4v) is 1.63. The van der Waals surface area contributed by atoms with Crippen LogP contribution < -0.4 is 16.2 Å². The van der Waals surface area contributed by atoms with Crippen LogP contribution in [0.2, 0.25) is 0 Å². The molecule has 1 heterocycles. The number of esters is 1. The molecule has 0 spiro atoms. The van der Waals surface area contributed by atoms with Crippen LogP contribution in [0.1, 0.15) is 21.9 Å².